The smallest absolute Gasteiger partial charge is 0.410 e. The molecule has 0 spiro atoms. The van der Waals surface area contributed by atoms with E-state index in [1.807, 2.05) is 32.9 Å². The van der Waals surface area contributed by atoms with Gasteiger partial charge in [-0.2, -0.15) is 0 Å². The molecule has 3 amide bonds. The molecule has 0 radical (unpaired) electrons. The third kappa shape index (κ3) is 4.40. The third-order valence-corrected chi connectivity index (χ3v) is 5.44. The van der Waals surface area contributed by atoms with Gasteiger partial charge in [-0.1, -0.05) is 12.1 Å². The minimum absolute atomic E-state index is 0.240. The van der Waals surface area contributed by atoms with E-state index < -0.39 is 5.60 Å². The van der Waals surface area contributed by atoms with Gasteiger partial charge in [-0.05, 0) is 70.0 Å². The Labute approximate surface area is 182 Å². The molecule has 2 aliphatic rings. The van der Waals surface area contributed by atoms with Crippen molar-refractivity contribution in [3.8, 4) is 0 Å². The maximum absolute atomic E-state index is 12.6. The van der Waals surface area contributed by atoms with Crippen LogP contribution in [0.1, 0.15) is 54.3 Å². The van der Waals surface area contributed by atoms with Gasteiger partial charge in [0.2, 0.25) is 0 Å². The van der Waals surface area contributed by atoms with E-state index >= 15 is 0 Å². The van der Waals surface area contributed by atoms with Crippen molar-refractivity contribution in [2.75, 3.05) is 23.3 Å². The van der Waals surface area contributed by atoms with Crippen LogP contribution in [0, 0.1) is 0 Å². The van der Waals surface area contributed by atoms with E-state index in [1.165, 1.54) is 4.90 Å². The molecule has 7 nitrogen and oxygen atoms in total. The van der Waals surface area contributed by atoms with Crippen LogP contribution in [-0.2, 0) is 4.74 Å². The number of rotatable bonds is 3. The quantitative estimate of drug-likeness (QED) is 0.748. The van der Waals surface area contributed by atoms with Crippen molar-refractivity contribution in [2.24, 2.45) is 0 Å². The van der Waals surface area contributed by atoms with Gasteiger partial charge in [-0.25, -0.2) is 9.69 Å². The lowest BCUT2D eigenvalue weighted by Gasteiger charge is -2.34. The fourth-order valence-corrected chi connectivity index (χ4v) is 3.90. The number of ether oxygens (including phenoxy) is 1. The number of benzene rings is 2. The zero-order valence-corrected chi connectivity index (χ0v) is 18.1. The molecular formula is C24H27N3O4. The molecule has 4 rings (SSSR count). The van der Waals surface area contributed by atoms with Crippen molar-refractivity contribution in [2.45, 2.75) is 45.3 Å². The summed E-state index contributed by atoms with van der Waals surface area (Å²) in [6.07, 6.45) is 1.37. The zero-order chi connectivity index (χ0) is 22.2. The second kappa shape index (κ2) is 8.06. The van der Waals surface area contributed by atoms with Crippen LogP contribution < -0.4 is 10.2 Å². The number of nitrogens with zero attached hydrogens (tertiary/aromatic N) is 2. The predicted molar refractivity (Wildman–Crippen MR) is 118 cm³/mol. The van der Waals surface area contributed by atoms with Gasteiger partial charge in [0.05, 0.1) is 16.8 Å². The highest BCUT2D eigenvalue weighted by Gasteiger charge is 2.36. The first-order valence-electron chi connectivity index (χ1n) is 10.6. The van der Waals surface area contributed by atoms with Crippen molar-refractivity contribution >= 4 is 29.3 Å². The normalized spacial score (nSPS) is 17.0. The molecule has 0 saturated carbocycles. The first-order valence-corrected chi connectivity index (χ1v) is 10.6. The van der Waals surface area contributed by atoms with Crippen LogP contribution >= 0.6 is 0 Å². The number of carbonyl (C=O) groups is 3. The van der Waals surface area contributed by atoms with Gasteiger partial charge in [-0.3, -0.25) is 9.59 Å². The number of hydrogen-bond acceptors (Lipinski definition) is 5. The molecule has 7 heteroatoms. The molecule has 162 valence electrons. The number of anilines is 2. The largest absolute Gasteiger partial charge is 0.444 e. The highest BCUT2D eigenvalue weighted by molar-refractivity contribution is 6.34. The number of piperidine rings is 1. The lowest BCUT2D eigenvalue weighted by Crippen LogP contribution is -2.44. The van der Waals surface area contributed by atoms with E-state index in [2.05, 4.69) is 5.32 Å². The molecule has 0 unspecified atom stereocenters. The van der Waals surface area contributed by atoms with Gasteiger partial charge in [0.1, 0.15) is 5.60 Å². The second-order valence-corrected chi connectivity index (χ2v) is 8.92. The topological polar surface area (TPSA) is 79.0 Å². The fourth-order valence-electron chi connectivity index (χ4n) is 3.90. The number of amides is 3. The number of fused-ring (bicyclic) bond motifs is 1. The molecule has 31 heavy (non-hydrogen) atoms. The number of imide groups is 1. The highest BCUT2D eigenvalue weighted by atomic mass is 16.6. The molecule has 0 atom stereocenters. The summed E-state index contributed by atoms with van der Waals surface area (Å²) >= 11 is 0. The maximum atomic E-state index is 12.6. The van der Waals surface area contributed by atoms with Gasteiger partial charge < -0.3 is 15.0 Å². The van der Waals surface area contributed by atoms with E-state index in [4.69, 9.17) is 4.74 Å². The predicted octanol–water partition coefficient (Wildman–Crippen LogP) is 4.30. The van der Waals surface area contributed by atoms with Gasteiger partial charge in [0.15, 0.2) is 0 Å². The van der Waals surface area contributed by atoms with Crippen LogP contribution in [0.4, 0.5) is 16.2 Å². The summed E-state index contributed by atoms with van der Waals surface area (Å²) in [6.45, 7) is 6.87. The minimum Gasteiger partial charge on any atom is -0.444 e. The molecule has 1 saturated heterocycles. The van der Waals surface area contributed by atoms with E-state index in [0.29, 0.717) is 29.9 Å². The summed E-state index contributed by atoms with van der Waals surface area (Å²) < 4.78 is 5.44. The van der Waals surface area contributed by atoms with E-state index in [-0.39, 0.29) is 23.9 Å². The monoisotopic (exact) mass is 421 g/mol. The van der Waals surface area contributed by atoms with E-state index in [0.717, 1.165) is 18.5 Å². The van der Waals surface area contributed by atoms with Gasteiger partial charge in [-0.15, -0.1) is 0 Å². The Bertz CT molecular complexity index is 967. The average molecular weight is 421 g/mol. The highest BCUT2D eigenvalue weighted by Crippen LogP contribution is 2.29. The van der Waals surface area contributed by atoms with Crippen LogP contribution in [0.2, 0.25) is 0 Å². The van der Waals surface area contributed by atoms with Crippen LogP contribution in [0.25, 0.3) is 0 Å². The van der Waals surface area contributed by atoms with Crippen molar-refractivity contribution in [1.82, 2.24) is 4.90 Å². The molecule has 2 heterocycles. The molecule has 2 aromatic rings. The lowest BCUT2D eigenvalue weighted by molar-refractivity contribution is 0.0210. The first kappa shape index (κ1) is 20.9. The average Bonchev–Trinajstić information content (AvgIpc) is 2.99. The molecule has 0 aliphatic carbocycles. The van der Waals surface area contributed by atoms with Crippen LogP contribution in [0.15, 0.2) is 48.5 Å². The summed E-state index contributed by atoms with van der Waals surface area (Å²) in [5.41, 5.74) is 1.85. The Morgan fingerprint density at radius 2 is 1.48 bits per heavy atom. The number of carbonyl (C=O) groups excluding carboxylic acids is 3. The number of nitrogens with one attached hydrogen (secondary N) is 1. The summed E-state index contributed by atoms with van der Waals surface area (Å²) in [4.78, 5) is 40.4. The molecule has 0 aromatic heterocycles. The first-order chi connectivity index (χ1) is 14.7. The fraction of sp³-hybridized carbons (Fsp3) is 0.375. The van der Waals surface area contributed by atoms with Gasteiger partial charge in [0, 0.05) is 24.8 Å². The lowest BCUT2D eigenvalue weighted by atomic mass is 10.0. The zero-order valence-electron chi connectivity index (χ0n) is 18.1. The molecule has 2 aromatic carbocycles. The summed E-state index contributed by atoms with van der Waals surface area (Å²) in [5, 5.41) is 3.48. The molecule has 0 bridgehead atoms. The summed E-state index contributed by atoms with van der Waals surface area (Å²) in [6, 6.07) is 14.4. The Hall–Kier alpha value is -3.35. The standard InChI is InChI=1S/C24H27N3O4/c1-24(2,3)31-23(30)26-14-12-17(13-15-26)25-16-8-10-18(11-9-16)27-21(28)19-6-4-5-7-20(19)22(27)29/h4-11,17,25H,12-15H2,1-3H3. The van der Waals surface area contributed by atoms with Crippen LogP contribution in [0.5, 0.6) is 0 Å². The van der Waals surface area contributed by atoms with Crippen molar-refractivity contribution in [1.29, 1.82) is 0 Å². The molecule has 1 N–H and O–H groups in total. The van der Waals surface area contributed by atoms with Crippen molar-refractivity contribution < 1.29 is 19.1 Å². The Morgan fingerprint density at radius 3 is 2.00 bits per heavy atom. The van der Waals surface area contributed by atoms with E-state index in [1.54, 1.807) is 41.3 Å². The molecule has 2 aliphatic heterocycles. The Morgan fingerprint density at radius 1 is 0.935 bits per heavy atom. The summed E-state index contributed by atoms with van der Waals surface area (Å²) in [7, 11) is 0. The van der Waals surface area contributed by atoms with Crippen molar-refractivity contribution in [3.63, 3.8) is 0 Å². The minimum atomic E-state index is -0.493. The Kier molecular flexibility index (Phi) is 5.43. The van der Waals surface area contributed by atoms with E-state index in [9.17, 15) is 14.4 Å². The SMILES string of the molecule is CC(C)(C)OC(=O)N1CCC(Nc2ccc(N3C(=O)c4ccccc4C3=O)cc2)CC1. The molecule has 1 fully saturated rings. The van der Waals surface area contributed by atoms with Gasteiger partial charge >= 0.3 is 6.09 Å². The van der Waals surface area contributed by atoms with Gasteiger partial charge in [0.25, 0.3) is 11.8 Å². The second-order valence-electron chi connectivity index (χ2n) is 8.92. The number of likely N-dealkylation sites (tertiary alicyclic amines) is 1. The molecular weight excluding hydrogens is 394 g/mol. The Balaban J connectivity index is 1.35. The summed E-state index contributed by atoms with van der Waals surface area (Å²) in [5.74, 6) is -0.591. The van der Waals surface area contributed by atoms with Crippen LogP contribution in [0.3, 0.4) is 0 Å². The van der Waals surface area contributed by atoms with Crippen LogP contribution in [-0.4, -0.2) is 47.5 Å². The third-order valence-electron chi connectivity index (χ3n) is 5.44. The maximum Gasteiger partial charge on any atom is 0.410 e. The van der Waals surface area contributed by atoms with Crippen molar-refractivity contribution in [3.05, 3.63) is 59.7 Å². The number of hydrogen-bond donors (Lipinski definition) is 1.